The first-order valence-electron chi connectivity index (χ1n) is 9.40. The summed E-state index contributed by atoms with van der Waals surface area (Å²) in [5, 5.41) is 7.21. The number of rotatable bonds is 6. The molecule has 1 saturated heterocycles. The van der Waals surface area contributed by atoms with Gasteiger partial charge in [0.15, 0.2) is 5.96 Å². The Hall–Kier alpha value is -0.890. The Labute approximate surface area is 169 Å². The second-order valence-corrected chi connectivity index (χ2v) is 7.12. The molecule has 1 saturated carbocycles. The number of guanidine groups is 1. The van der Waals surface area contributed by atoms with Crippen LogP contribution in [-0.4, -0.2) is 48.1 Å². The molecule has 1 aliphatic heterocycles. The summed E-state index contributed by atoms with van der Waals surface area (Å²) in [7, 11) is 1.88. The van der Waals surface area contributed by atoms with E-state index >= 15 is 0 Å². The van der Waals surface area contributed by atoms with E-state index in [0.717, 1.165) is 50.0 Å². The van der Waals surface area contributed by atoms with E-state index < -0.39 is 0 Å². The predicted octanol–water partition coefficient (Wildman–Crippen LogP) is 3.02. The van der Waals surface area contributed by atoms with E-state index in [2.05, 4.69) is 44.6 Å². The summed E-state index contributed by atoms with van der Waals surface area (Å²) in [6.07, 6.45) is 8.12. The highest BCUT2D eigenvalue weighted by Crippen LogP contribution is 2.34. The zero-order valence-electron chi connectivity index (χ0n) is 15.4. The Kier molecular flexibility index (Phi) is 8.42. The molecule has 1 aromatic rings. The molecule has 0 bridgehead atoms. The lowest BCUT2D eigenvalue weighted by molar-refractivity contribution is 0.196. The summed E-state index contributed by atoms with van der Waals surface area (Å²) in [6, 6.07) is 7.32. The molecule has 2 heterocycles. The second kappa shape index (κ2) is 10.3. The topological polar surface area (TPSA) is 52.6 Å². The Bertz CT molecular complexity index is 528. The molecule has 1 aromatic heterocycles. The van der Waals surface area contributed by atoms with E-state index in [1.807, 2.05) is 19.3 Å². The SMILES string of the molecule is CCCC1CC1NC(=NC)NC1CCN(Cc2ccccn2)CC1.I. The number of nitrogens with zero attached hydrogens (tertiary/aromatic N) is 3. The molecule has 2 aliphatic rings. The molecule has 1 aliphatic carbocycles. The highest BCUT2D eigenvalue weighted by atomic mass is 127. The smallest absolute Gasteiger partial charge is 0.191 e. The maximum absolute atomic E-state index is 4.43. The number of aliphatic imine (C=N–C) groups is 1. The Balaban J connectivity index is 0.00000225. The lowest BCUT2D eigenvalue weighted by Gasteiger charge is -2.32. The van der Waals surface area contributed by atoms with Crippen molar-refractivity contribution >= 4 is 29.9 Å². The quantitative estimate of drug-likeness (QED) is 0.392. The number of hydrogen-bond donors (Lipinski definition) is 2. The molecule has 0 amide bonds. The fourth-order valence-electron chi connectivity index (χ4n) is 3.61. The third-order valence-electron chi connectivity index (χ3n) is 5.17. The zero-order chi connectivity index (χ0) is 16.8. The van der Waals surface area contributed by atoms with Crippen LogP contribution in [0.25, 0.3) is 0 Å². The van der Waals surface area contributed by atoms with Crippen LogP contribution in [-0.2, 0) is 6.54 Å². The minimum atomic E-state index is 0. The van der Waals surface area contributed by atoms with E-state index in [0.29, 0.717) is 12.1 Å². The summed E-state index contributed by atoms with van der Waals surface area (Å²) in [6.45, 7) is 5.46. The van der Waals surface area contributed by atoms with Crippen molar-refractivity contribution in [1.82, 2.24) is 20.5 Å². The summed E-state index contributed by atoms with van der Waals surface area (Å²) in [5.74, 6) is 1.84. The van der Waals surface area contributed by atoms with E-state index in [-0.39, 0.29) is 24.0 Å². The minimum absolute atomic E-state index is 0. The second-order valence-electron chi connectivity index (χ2n) is 7.12. The van der Waals surface area contributed by atoms with Crippen molar-refractivity contribution in [3.63, 3.8) is 0 Å². The third kappa shape index (κ3) is 6.40. The molecule has 0 radical (unpaired) electrons. The van der Waals surface area contributed by atoms with Crippen LogP contribution in [0.1, 0.15) is 44.7 Å². The van der Waals surface area contributed by atoms with Crippen LogP contribution in [0.2, 0.25) is 0 Å². The zero-order valence-corrected chi connectivity index (χ0v) is 17.8. The molecule has 0 spiro atoms. The molecule has 2 unspecified atom stereocenters. The maximum Gasteiger partial charge on any atom is 0.191 e. The van der Waals surface area contributed by atoms with Gasteiger partial charge in [0.2, 0.25) is 0 Å². The standard InChI is InChI=1S/C19H31N5.HI/c1-3-6-15-13-18(15)23-19(20-2)22-16-8-11-24(12-9-16)14-17-7-4-5-10-21-17;/h4-5,7,10,15-16,18H,3,6,8-9,11-14H2,1-2H3,(H2,20,22,23);1H. The van der Waals surface area contributed by atoms with Crippen molar-refractivity contribution in [3.8, 4) is 0 Å². The van der Waals surface area contributed by atoms with E-state index in [1.165, 1.54) is 19.3 Å². The molecule has 0 aromatic carbocycles. The van der Waals surface area contributed by atoms with Crippen LogP contribution in [0.4, 0.5) is 0 Å². The van der Waals surface area contributed by atoms with Gasteiger partial charge in [-0.3, -0.25) is 14.9 Å². The molecular weight excluding hydrogens is 425 g/mol. The average Bonchev–Trinajstić information content (AvgIpc) is 3.35. The van der Waals surface area contributed by atoms with Gasteiger partial charge >= 0.3 is 0 Å². The lowest BCUT2D eigenvalue weighted by atomic mass is 10.0. The summed E-state index contributed by atoms with van der Waals surface area (Å²) >= 11 is 0. The monoisotopic (exact) mass is 457 g/mol. The molecule has 140 valence electrons. The first kappa shape index (κ1) is 20.4. The predicted molar refractivity (Wildman–Crippen MR) is 114 cm³/mol. The number of aromatic nitrogens is 1. The Morgan fingerprint density at radius 1 is 1.28 bits per heavy atom. The van der Waals surface area contributed by atoms with E-state index in [9.17, 15) is 0 Å². The van der Waals surface area contributed by atoms with Crippen LogP contribution in [0, 0.1) is 5.92 Å². The fourth-order valence-corrected chi connectivity index (χ4v) is 3.61. The first-order valence-corrected chi connectivity index (χ1v) is 9.40. The molecular formula is C19H32IN5. The van der Waals surface area contributed by atoms with Crippen molar-refractivity contribution in [2.75, 3.05) is 20.1 Å². The number of nitrogens with one attached hydrogen (secondary N) is 2. The van der Waals surface area contributed by atoms with Crippen molar-refractivity contribution in [2.24, 2.45) is 10.9 Å². The lowest BCUT2D eigenvalue weighted by Crippen LogP contribution is -2.49. The van der Waals surface area contributed by atoms with E-state index in [1.54, 1.807) is 0 Å². The highest BCUT2D eigenvalue weighted by molar-refractivity contribution is 14.0. The van der Waals surface area contributed by atoms with Gasteiger partial charge in [-0.05, 0) is 43.7 Å². The van der Waals surface area contributed by atoms with Gasteiger partial charge in [-0.25, -0.2) is 0 Å². The number of likely N-dealkylation sites (tertiary alicyclic amines) is 1. The van der Waals surface area contributed by atoms with Crippen molar-refractivity contribution < 1.29 is 0 Å². The summed E-state index contributed by atoms with van der Waals surface area (Å²) < 4.78 is 0. The van der Waals surface area contributed by atoms with Crippen LogP contribution in [0.5, 0.6) is 0 Å². The first-order chi connectivity index (χ1) is 11.8. The number of halogens is 1. The van der Waals surface area contributed by atoms with Crippen LogP contribution < -0.4 is 10.6 Å². The van der Waals surface area contributed by atoms with Crippen LogP contribution in [0.3, 0.4) is 0 Å². The van der Waals surface area contributed by atoms with Gasteiger partial charge < -0.3 is 10.6 Å². The Morgan fingerprint density at radius 2 is 2.08 bits per heavy atom. The number of pyridine rings is 1. The number of hydrogen-bond acceptors (Lipinski definition) is 3. The van der Waals surface area contributed by atoms with Gasteiger partial charge in [-0.15, -0.1) is 24.0 Å². The molecule has 6 heteroatoms. The van der Waals surface area contributed by atoms with Gasteiger partial charge in [0.1, 0.15) is 0 Å². The molecule has 2 N–H and O–H groups in total. The van der Waals surface area contributed by atoms with Gasteiger partial charge in [0, 0.05) is 45.0 Å². The van der Waals surface area contributed by atoms with Crippen LogP contribution in [0.15, 0.2) is 29.4 Å². The van der Waals surface area contributed by atoms with Crippen molar-refractivity contribution in [3.05, 3.63) is 30.1 Å². The van der Waals surface area contributed by atoms with Gasteiger partial charge in [-0.1, -0.05) is 19.4 Å². The summed E-state index contributed by atoms with van der Waals surface area (Å²) in [5.41, 5.74) is 1.16. The molecule has 3 rings (SSSR count). The molecule has 2 atom stereocenters. The van der Waals surface area contributed by atoms with Crippen LogP contribution >= 0.6 is 24.0 Å². The summed E-state index contributed by atoms with van der Waals surface area (Å²) in [4.78, 5) is 11.3. The van der Waals surface area contributed by atoms with Gasteiger partial charge in [0.25, 0.3) is 0 Å². The fraction of sp³-hybridized carbons (Fsp3) is 0.684. The van der Waals surface area contributed by atoms with Crippen molar-refractivity contribution in [1.29, 1.82) is 0 Å². The van der Waals surface area contributed by atoms with Crippen molar-refractivity contribution in [2.45, 2.75) is 57.7 Å². The largest absolute Gasteiger partial charge is 0.354 e. The van der Waals surface area contributed by atoms with Gasteiger partial charge in [-0.2, -0.15) is 0 Å². The maximum atomic E-state index is 4.43. The molecule has 2 fully saturated rings. The minimum Gasteiger partial charge on any atom is -0.354 e. The molecule has 25 heavy (non-hydrogen) atoms. The normalized spacial score (nSPS) is 24.5. The third-order valence-corrected chi connectivity index (χ3v) is 5.17. The highest BCUT2D eigenvalue weighted by Gasteiger charge is 2.36. The average molecular weight is 457 g/mol. The van der Waals surface area contributed by atoms with E-state index in [4.69, 9.17) is 0 Å². The molecule has 5 nitrogen and oxygen atoms in total. The van der Waals surface area contributed by atoms with Gasteiger partial charge in [0.05, 0.1) is 5.69 Å². The number of piperidine rings is 1. The Morgan fingerprint density at radius 3 is 2.72 bits per heavy atom.